The summed E-state index contributed by atoms with van der Waals surface area (Å²) in [5.74, 6) is 0.0432. The summed E-state index contributed by atoms with van der Waals surface area (Å²) >= 11 is 0. The van der Waals surface area contributed by atoms with Gasteiger partial charge in [0.1, 0.15) is 19.0 Å². The van der Waals surface area contributed by atoms with Gasteiger partial charge in [-0.3, -0.25) is 0 Å². The molecule has 0 radical (unpaired) electrons. The van der Waals surface area contributed by atoms with Crippen LogP contribution in [0.2, 0.25) is 0 Å². The van der Waals surface area contributed by atoms with Gasteiger partial charge in [0.05, 0.1) is 31.5 Å². The molecule has 206 valence electrons. The second-order valence-corrected chi connectivity index (χ2v) is 9.00. The molecule has 0 saturated carbocycles. The van der Waals surface area contributed by atoms with Crippen LogP contribution in [0.5, 0.6) is 0 Å². The third-order valence-corrected chi connectivity index (χ3v) is 6.28. The maximum Gasteiger partial charge on any atom is 0.407 e. The molecule has 2 atom stereocenters. The van der Waals surface area contributed by atoms with Gasteiger partial charge in [0.2, 0.25) is 5.95 Å². The van der Waals surface area contributed by atoms with Crippen LogP contribution in [0.4, 0.5) is 15.1 Å². The summed E-state index contributed by atoms with van der Waals surface area (Å²) in [7, 11) is 3.10. The highest BCUT2D eigenvalue weighted by atomic mass is 19.1. The molecular weight excluding hydrogens is 497 g/mol. The Morgan fingerprint density at radius 2 is 2.11 bits per heavy atom. The summed E-state index contributed by atoms with van der Waals surface area (Å²) in [5.41, 5.74) is 2.01. The van der Waals surface area contributed by atoms with Crippen molar-refractivity contribution in [3.05, 3.63) is 42.0 Å². The van der Waals surface area contributed by atoms with Crippen molar-refractivity contribution < 1.29 is 33.0 Å². The minimum absolute atomic E-state index is 0.0839. The smallest absolute Gasteiger partial charge is 0.407 e. The van der Waals surface area contributed by atoms with Crippen LogP contribution in [0.3, 0.4) is 0 Å². The Morgan fingerprint density at radius 3 is 2.82 bits per heavy atom. The number of amides is 1. The van der Waals surface area contributed by atoms with Crippen LogP contribution >= 0.6 is 0 Å². The monoisotopic (exact) mass is 531 g/mol. The summed E-state index contributed by atoms with van der Waals surface area (Å²) in [5, 5.41) is 6.52. The Kier molecular flexibility index (Phi) is 10.2. The second-order valence-electron chi connectivity index (χ2n) is 9.00. The average molecular weight is 532 g/mol. The number of halogens is 1. The van der Waals surface area contributed by atoms with Crippen molar-refractivity contribution in [2.45, 2.75) is 44.7 Å². The fraction of sp³-hybridized carbons (Fsp3) is 0.538. The third-order valence-electron chi connectivity index (χ3n) is 6.28. The largest absolute Gasteiger partial charge is 0.445 e. The maximum atomic E-state index is 14.9. The van der Waals surface area contributed by atoms with Crippen LogP contribution in [0.25, 0.3) is 11.1 Å². The van der Waals surface area contributed by atoms with Crippen molar-refractivity contribution in [1.29, 1.82) is 0 Å². The second kappa shape index (κ2) is 14.0. The topological polar surface area (TPSA) is 117 Å². The molecule has 1 amide bonds. The molecular formula is C26H34FN5O6. The van der Waals surface area contributed by atoms with Gasteiger partial charge in [-0.15, -0.1) is 0 Å². The summed E-state index contributed by atoms with van der Waals surface area (Å²) in [6, 6.07) is 4.89. The first-order valence-electron chi connectivity index (χ1n) is 12.7. The number of hydrogen-bond acceptors (Lipinski definition) is 10. The lowest BCUT2D eigenvalue weighted by Gasteiger charge is -2.31. The fourth-order valence-electron chi connectivity index (χ4n) is 3.99. The van der Waals surface area contributed by atoms with Gasteiger partial charge in [0.15, 0.2) is 6.29 Å². The number of nitrogens with zero attached hydrogens (tertiary/aromatic N) is 4. The van der Waals surface area contributed by atoms with E-state index >= 15 is 0 Å². The first-order valence-corrected chi connectivity index (χ1v) is 12.7. The summed E-state index contributed by atoms with van der Waals surface area (Å²) in [4.78, 5) is 27.4. The van der Waals surface area contributed by atoms with E-state index in [2.05, 4.69) is 20.4 Å². The van der Waals surface area contributed by atoms with E-state index in [4.69, 9.17) is 23.8 Å². The van der Waals surface area contributed by atoms with E-state index in [0.717, 1.165) is 31.6 Å². The summed E-state index contributed by atoms with van der Waals surface area (Å²) < 4.78 is 36.7. The number of benzene rings is 1. The van der Waals surface area contributed by atoms with E-state index < -0.39 is 11.9 Å². The summed E-state index contributed by atoms with van der Waals surface area (Å²) in [6.07, 6.45) is 6.08. The standard InChI is InChI=1S/C26H34FN5O6/c1-28-26(33)37-16-18-6-5-7-22(24(18)27)19-12-29-25(30-13-19)32-14-20(15-32)31-38-11-9-21(34-2)17-36-23-8-3-4-10-35-23/h5-7,12-13,21,23H,3-4,8-11,14-17H2,1-2H3,(H,28,33). The molecule has 2 unspecified atom stereocenters. The number of methoxy groups -OCH3 is 1. The quantitative estimate of drug-likeness (QED) is 0.325. The molecule has 1 aromatic heterocycles. The van der Waals surface area contributed by atoms with Gasteiger partial charge in [-0.25, -0.2) is 19.2 Å². The molecule has 38 heavy (non-hydrogen) atoms. The van der Waals surface area contributed by atoms with Crippen molar-refractivity contribution in [3.63, 3.8) is 0 Å². The van der Waals surface area contributed by atoms with Gasteiger partial charge in [-0.05, 0) is 19.3 Å². The van der Waals surface area contributed by atoms with Crippen molar-refractivity contribution in [3.8, 4) is 11.1 Å². The number of rotatable bonds is 12. The van der Waals surface area contributed by atoms with Crippen molar-refractivity contribution in [2.24, 2.45) is 5.16 Å². The minimum Gasteiger partial charge on any atom is -0.445 e. The fourth-order valence-corrected chi connectivity index (χ4v) is 3.99. The van der Waals surface area contributed by atoms with Gasteiger partial charge >= 0.3 is 6.09 Å². The lowest BCUT2D eigenvalue weighted by atomic mass is 10.1. The first-order chi connectivity index (χ1) is 18.6. The van der Waals surface area contributed by atoms with E-state index in [9.17, 15) is 9.18 Å². The van der Waals surface area contributed by atoms with E-state index in [1.807, 2.05) is 4.90 Å². The molecule has 4 rings (SSSR count). The lowest BCUT2D eigenvalue weighted by Crippen LogP contribution is -2.48. The Labute approximate surface area is 221 Å². The summed E-state index contributed by atoms with van der Waals surface area (Å²) in [6.45, 7) is 2.55. The molecule has 2 aliphatic heterocycles. The SMILES string of the molecule is CNC(=O)OCc1cccc(-c2cnc(N3CC(=NOCCC(COC4CCCCO4)OC)C3)nc2)c1F. The first kappa shape index (κ1) is 27.7. The molecule has 2 fully saturated rings. The number of alkyl carbamates (subject to hydrolysis) is 1. The highest BCUT2D eigenvalue weighted by molar-refractivity contribution is 5.98. The van der Waals surface area contributed by atoms with E-state index in [1.54, 1.807) is 37.7 Å². The number of ether oxygens (including phenoxy) is 4. The zero-order valence-corrected chi connectivity index (χ0v) is 21.7. The van der Waals surface area contributed by atoms with Gasteiger partial charge in [-0.2, -0.15) is 0 Å². The Bertz CT molecular complexity index is 1070. The normalized spacial score (nSPS) is 17.9. The van der Waals surface area contributed by atoms with Crippen LogP contribution in [0, 0.1) is 5.82 Å². The highest BCUT2D eigenvalue weighted by Crippen LogP contribution is 2.26. The molecule has 2 saturated heterocycles. The van der Waals surface area contributed by atoms with Crippen molar-refractivity contribution in [1.82, 2.24) is 15.3 Å². The van der Waals surface area contributed by atoms with Gasteiger partial charge < -0.3 is 34.0 Å². The number of nitrogens with one attached hydrogen (secondary N) is 1. The van der Waals surface area contributed by atoms with Gasteiger partial charge in [-0.1, -0.05) is 23.4 Å². The lowest BCUT2D eigenvalue weighted by molar-refractivity contribution is -0.178. The number of carbonyl (C=O) groups excluding carboxylic acids is 1. The molecule has 2 aromatic rings. The Balaban J connectivity index is 1.20. The van der Waals surface area contributed by atoms with Crippen molar-refractivity contribution >= 4 is 17.8 Å². The molecule has 12 heteroatoms. The Hall–Kier alpha value is -3.35. The third kappa shape index (κ3) is 7.59. The molecule has 0 bridgehead atoms. The molecule has 11 nitrogen and oxygen atoms in total. The average Bonchev–Trinajstić information content (AvgIpc) is 2.93. The van der Waals surface area contributed by atoms with Crippen LogP contribution in [-0.4, -0.2) is 81.2 Å². The van der Waals surface area contributed by atoms with Gasteiger partial charge in [0.25, 0.3) is 0 Å². The molecule has 2 aliphatic rings. The molecule has 3 heterocycles. The molecule has 1 N–H and O–H groups in total. The zero-order valence-electron chi connectivity index (χ0n) is 21.7. The number of carbonyl (C=O) groups is 1. The number of oxime groups is 1. The number of aromatic nitrogens is 2. The minimum atomic E-state index is -0.625. The Morgan fingerprint density at radius 1 is 1.29 bits per heavy atom. The van der Waals surface area contributed by atoms with Crippen molar-refractivity contribution in [2.75, 3.05) is 52.0 Å². The predicted molar refractivity (Wildman–Crippen MR) is 137 cm³/mol. The van der Waals surface area contributed by atoms with Crippen LogP contribution in [-0.2, 0) is 30.4 Å². The highest BCUT2D eigenvalue weighted by Gasteiger charge is 2.25. The van der Waals surface area contributed by atoms with E-state index in [1.165, 1.54) is 7.05 Å². The number of hydrogen-bond donors (Lipinski definition) is 1. The van der Waals surface area contributed by atoms with Gasteiger partial charge in [0, 0.05) is 56.3 Å². The molecule has 0 aliphatic carbocycles. The predicted octanol–water partition coefficient (Wildman–Crippen LogP) is 3.28. The maximum absolute atomic E-state index is 14.9. The van der Waals surface area contributed by atoms with Crippen LogP contribution < -0.4 is 10.2 Å². The zero-order chi connectivity index (χ0) is 26.7. The van der Waals surface area contributed by atoms with E-state index in [0.29, 0.717) is 49.8 Å². The van der Waals surface area contributed by atoms with Crippen LogP contribution in [0.15, 0.2) is 35.7 Å². The molecule has 1 aromatic carbocycles. The number of anilines is 1. The van der Waals surface area contributed by atoms with Crippen LogP contribution in [0.1, 0.15) is 31.2 Å². The molecule has 0 spiro atoms. The van der Waals surface area contributed by atoms with E-state index in [-0.39, 0.29) is 24.6 Å².